The molecule has 0 fully saturated rings. The van der Waals surface area contributed by atoms with Crippen molar-refractivity contribution < 1.29 is 13.2 Å². The van der Waals surface area contributed by atoms with Gasteiger partial charge in [-0.25, -0.2) is 4.98 Å². The van der Waals surface area contributed by atoms with Gasteiger partial charge in [-0.05, 0) is 30.7 Å². The minimum atomic E-state index is -4.29. The van der Waals surface area contributed by atoms with E-state index >= 15 is 0 Å². The smallest absolute Gasteiger partial charge is 0.335 e. The van der Waals surface area contributed by atoms with E-state index in [4.69, 9.17) is 5.73 Å². The molecule has 0 amide bonds. The Bertz CT molecular complexity index is 544. The summed E-state index contributed by atoms with van der Waals surface area (Å²) in [4.78, 5) is 4.24. The van der Waals surface area contributed by atoms with E-state index in [9.17, 15) is 13.2 Å². The van der Waals surface area contributed by atoms with Gasteiger partial charge in [0, 0.05) is 25.4 Å². The van der Waals surface area contributed by atoms with Gasteiger partial charge in [0.25, 0.3) is 0 Å². The molecule has 0 radical (unpaired) electrons. The standard InChI is InChI=1S/C14H16F3N3/c15-14(16,17)12-4-2-11(3-5-12)10-13-19-7-9-20(13)8-1-6-18/h2-5,7,9H,1,6,8,10,18H2. The summed E-state index contributed by atoms with van der Waals surface area (Å²) in [5.74, 6) is 0.832. The molecule has 1 aromatic carbocycles. The van der Waals surface area contributed by atoms with Crippen LogP contribution in [-0.4, -0.2) is 16.1 Å². The van der Waals surface area contributed by atoms with Crippen molar-refractivity contribution in [1.29, 1.82) is 0 Å². The first-order valence-electron chi connectivity index (χ1n) is 6.37. The van der Waals surface area contributed by atoms with Crippen molar-refractivity contribution in [3.63, 3.8) is 0 Å². The molecule has 0 saturated heterocycles. The van der Waals surface area contributed by atoms with Crippen LogP contribution in [-0.2, 0) is 19.1 Å². The number of imidazole rings is 1. The number of nitrogens with two attached hydrogens (primary N) is 1. The van der Waals surface area contributed by atoms with E-state index in [-0.39, 0.29) is 0 Å². The lowest BCUT2D eigenvalue weighted by molar-refractivity contribution is -0.137. The molecule has 0 atom stereocenters. The van der Waals surface area contributed by atoms with Gasteiger partial charge in [-0.15, -0.1) is 0 Å². The van der Waals surface area contributed by atoms with Crippen LogP contribution >= 0.6 is 0 Å². The predicted octanol–water partition coefficient (Wildman–Crippen LogP) is 2.84. The summed E-state index contributed by atoms with van der Waals surface area (Å²) in [6.07, 6.45) is 0.606. The molecule has 0 bridgehead atoms. The van der Waals surface area contributed by atoms with Crippen molar-refractivity contribution >= 4 is 0 Å². The highest BCUT2D eigenvalue weighted by Gasteiger charge is 2.29. The highest BCUT2D eigenvalue weighted by molar-refractivity contribution is 5.26. The van der Waals surface area contributed by atoms with Crippen LogP contribution in [0.5, 0.6) is 0 Å². The Balaban J connectivity index is 2.09. The lowest BCUT2D eigenvalue weighted by Crippen LogP contribution is -2.09. The molecule has 6 heteroatoms. The largest absolute Gasteiger partial charge is 0.416 e. The maximum absolute atomic E-state index is 12.5. The Morgan fingerprint density at radius 3 is 2.45 bits per heavy atom. The van der Waals surface area contributed by atoms with Gasteiger partial charge in [-0.3, -0.25) is 0 Å². The van der Waals surface area contributed by atoms with Crippen LogP contribution in [0.4, 0.5) is 13.2 Å². The highest BCUT2D eigenvalue weighted by Crippen LogP contribution is 2.29. The molecule has 2 aromatic rings. The molecule has 1 aromatic heterocycles. The zero-order chi connectivity index (χ0) is 14.6. The quantitative estimate of drug-likeness (QED) is 0.917. The maximum atomic E-state index is 12.5. The first-order valence-corrected chi connectivity index (χ1v) is 6.37. The number of aryl methyl sites for hydroxylation is 1. The summed E-state index contributed by atoms with van der Waals surface area (Å²) in [6, 6.07) is 5.18. The Hall–Kier alpha value is -1.82. The summed E-state index contributed by atoms with van der Waals surface area (Å²) >= 11 is 0. The minimum Gasteiger partial charge on any atom is -0.335 e. The van der Waals surface area contributed by atoms with Crippen LogP contribution < -0.4 is 5.73 Å². The predicted molar refractivity (Wildman–Crippen MR) is 70.1 cm³/mol. The van der Waals surface area contributed by atoms with Gasteiger partial charge in [-0.1, -0.05) is 12.1 Å². The molecule has 0 aliphatic carbocycles. The SMILES string of the molecule is NCCCn1ccnc1Cc1ccc(C(F)(F)F)cc1. The lowest BCUT2D eigenvalue weighted by atomic mass is 10.1. The van der Waals surface area contributed by atoms with Crippen molar-refractivity contribution in [3.05, 3.63) is 53.6 Å². The van der Waals surface area contributed by atoms with Gasteiger partial charge in [0.1, 0.15) is 5.82 Å². The van der Waals surface area contributed by atoms with E-state index in [1.807, 2.05) is 10.8 Å². The summed E-state index contributed by atoms with van der Waals surface area (Å²) in [5.41, 5.74) is 5.64. The van der Waals surface area contributed by atoms with Crippen LogP contribution in [0.25, 0.3) is 0 Å². The van der Waals surface area contributed by atoms with Gasteiger partial charge in [0.2, 0.25) is 0 Å². The van der Waals surface area contributed by atoms with Crippen molar-refractivity contribution in [2.24, 2.45) is 5.73 Å². The topological polar surface area (TPSA) is 43.8 Å². The molecule has 0 unspecified atom stereocenters. The fraction of sp³-hybridized carbons (Fsp3) is 0.357. The zero-order valence-corrected chi connectivity index (χ0v) is 10.9. The molecule has 2 N–H and O–H groups in total. The van der Waals surface area contributed by atoms with Crippen LogP contribution in [0.1, 0.15) is 23.4 Å². The van der Waals surface area contributed by atoms with E-state index in [1.165, 1.54) is 12.1 Å². The van der Waals surface area contributed by atoms with Crippen molar-refractivity contribution in [3.8, 4) is 0 Å². The third-order valence-electron chi connectivity index (χ3n) is 3.05. The third kappa shape index (κ3) is 3.60. The number of nitrogens with zero attached hydrogens (tertiary/aromatic N) is 2. The van der Waals surface area contributed by atoms with E-state index in [2.05, 4.69) is 4.98 Å². The molecular weight excluding hydrogens is 267 g/mol. The average Bonchev–Trinajstić information content (AvgIpc) is 2.83. The Labute approximate surface area is 115 Å². The second-order valence-corrected chi connectivity index (χ2v) is 4.55. The summed E-state index contributed by atoms with van der Waals surface area (Å²) in [6.45, 7) is 1.37. The Kier molecular flexibility index (Phi) is 4.44. The lowest BCUT2D eigenvalue weighted by Gasteiger charge is -2.09. The summed E-state index contributed by atoms with van der Waals surface area (Å²) in [5, 5.41) is 0. The molecule has 0 saturated carbocycles. The summed E-state index contributed by atoms with van der Waals surface area (Å²) < 4.78 is 39.4. The number of benzene rings is 1. The van der Waals surface area contributed by atoms with E-state index in [1.54, 1.807) is 6.20 Å². The molecule has 1 heterocycles. The number of hydrogen-bond acceptors (Lipinski definition) is 2. The Morgan fingerprint density at radius 1 is 1.15 bits per heavy atom. The van der Waals surface area contributed by atoms with E-state index in [0.717, 1.165) is 36.5 Å². The number of alkyl halides is 3. The Morgan fingerprint density at radius 2 is 1.85 bits per heavy atom. The normalized spacial score (nSPS) is 11.8. The molecule has 20 heavy (non-hydrogen) atoms. The van der Waals surface area contributed by atoms with Crippen LogP contribution in [0, 0.1) is 0 Å². The summed E-state index contributed by atoms with van der Waals surface area (Å²) in [7, 11) is 0. The molecular formula is C14H16F3N3. The van der Waals surface area contributed by atoms with E-state index in [0.29, 0.717) is 13.0 Å². The number of hydrogen-bond donors (Lipinski definition) is 1. The molecule has 0 aliphatic heterocycles. The molecule has 0 spiro atoms. The third-order valence-corrected chi connectivity index (χ3v) is 3.05. The molecule has 0 aliphatic rings. The van der Waals surface area contributed by atoms with E-state index < -0.39 is 11.7 Å². The molecule has 2 rings (SSSR count). The van der Waals surface area contributed by atoms with Crippen LogP contribution in [0.2, 0.25) is 0 Å². The van der Waals surface area contributed by atoms with Crippen molar-refractivity contribution in [1.82, 2.24) is 9.55 Å². The molecule has 3 nitrogen and oxygen atoms in total. The zero-order valence-electron chi connectivity index (χ0n) is 10.9. The number of rotatable bonds is 5. The van der Waals surface area contributed by atoms with Crippen LogP contribution in [0.15, 0.2) is 36.7 Å². The molecule has 108 valence electrons. The average molecular weight is 283 g/mol. The number of halogens is 3. The second-order valence-electron chi connectivity index (χ2n) is 4.55. The fourth-order valence-corrected chi connectivity index (χ4v) is 1.97. The fourth-order valence-electron chi connectivity index (χ4n) is 1.97. The first kappa shape index (κ1) is 14.6. The van der Waals surface area contributed by atoms with Crippen molar-refractivity contribution in [2.45, 2.75) is 25.6 Å². The second kappa shape index (κ2) is 6.09. The number of aromatic nitrogens is 2. The van der Waals surface area contributed by atoms with Crippen molar-refractivity contribution in [2.75, 3.05) is 6.54 Å². The van der Waals surface area contributed by atoms with Crippen LogP contribution in [0.3, 0.4) is 0 Å². The maximum Gasteiger partial charge on any atom is 0.416 e. The van der Waals surface area contributed by atoms with Gasteiger partial charge in [0.15, 0.2) is 0 Å². The highest BCUT2D eigenvalue weighted by atomic mass is 19.4. The minimum absolute atomic E-state index is 0.510. The van der Waals surface area contributed by atoms with Gasteiger partial charge >= 0.3 is 6.18 Å². The monoisotopic (exact) mass is 283 g/mol. The van der Waals surface area contributed by atoms with Gasteiger partial charge < -0.3 is 10.3 Å². The van der Waals surface area contributed by atoms with Gasteiger partial charge in [-0.2, -0.15) is 13.2 Å². The van der Waals surface area contributed by atoms with Gasteiger partial charge in [0.05, 0.1) is 5.56 Å². The first-order chi connectivity index (χ1) is 9.50.